The fourth-order valence-electron chi connectivity index (χ4n) is 1.45. The second kappa shape index (κ2) is 4.26. The van der Waals surface area contributed by atoms with Crippen molar-refractivity contribution in [2.75, 3.05) is 0 Å². The summed E-state index contributed by atoms with van der Waals surface area (Å²) in [6, 6.07) is 0.342. The third-order valence-electron chi connectivity index (χ3n) is 2.30. The fraction of sp³-hybridized carbons (Fsp3) is 0.375. The zero-order valence-electron chi connectivity index (χ0n) is 8.63. The molecule has 1 saturated heterocycles. The van der Waals surface area contributed by atoms with Crippen molar-refractivity contribution < 1.29 is 18.0 Å². The van der Waals surface area contributed by atoms with E-state index in [1.54, 1.807) is 0 Å². The number of H-pyrrole nitrogens is 1. The Morgan fingerprint density at radius 1 is 1.41 bits per heavy atom. The van der Waals surface area contributed by atoms with E-state index in [4.69, 9.17) is 0 Å². The van der Waals surface area contributed by atoms with E-state index < -0.39 is 27.9 Å². The topological polar surface area (TPSA) is 121 Å². The van der Waals surface area contributed by atoms with E-state index in [1.165, 1.54) is 12.3 Å². The number of aromatic amines is 1. The van der Waals surface area contributed by atoms with E-state index in [0.717, 1.165) is 0 Å². The molecule has 0 radical (unpaired) electrons. The lowest BCUT2D eigenvalue weighted by molar-refractivity contribution is -0.134. The number of amides is 2. The van der Waals surface area contributed by atoms with E-state index >= 15 is 0 Å². The van der Waals surface area contributed by atoms with Crippen LogP contribution >= 0.6 is 0 Å². The van der Waals surface area contributed by atoms with Gasteiger partial charge in [-0.15, -0.1) is 0 Å². The van der Waals surface area contributed by atoms with Crippen LogP contribution in [0, 0.1) is 0 Å². The smallest absolute Gasteiger partial charge is 0.258 e. The van der Waals surface area contributed by atoms with Crippen molar-refractivity contribution in [3.8, 4) is 0 Å². The van der Waals surface area contributed by atoms with Crippen LogP contribution in [0.4, 0.5) is 0 Å². The van der Waals surface area contributed by atoms with Crippen molar-refractivity contribution in [3.05, 3.63) is 12.3 Å². The predicted octanol–water partition coefficient (Wildman–Crippen LogP) is -1.51. The van der Waals surface area contributed by atoms with Gasteiger partial charge in [0.2, 0.25) is 11.8 Å². The van der Waals surface area contributed by atoms with Gasteiger partial charge in [-0.3, -0.25) is 20.0 Å². The molecule has 2 rings (SSSR count). The van der Waals surface area contributed by atoms with E-state index in [1.807, 2.05) is 0 Å². The van der Waals surface area contributed by atoms with E-state index in [2.05, 4.69) is 20.2 Å². The molecular formula is C8H10N4O4S. The Kier molecular flexibility index (Phi) is 2.94. The molecule has 1 unspecified atom stereocenters. The van der Waals surface area contributed by atoms with Crippen molar-refractivity contribution in [3.63, 3.8) is 0 Å². The molecule has 0 spiro atoms. The van der Waals surface area contributed by atoms with Gasteiger partial charge in [0.1, 0.15) is 6.04 Å². The highest BCUT2D eigenvalue weighted by Crippen LogP contribution is 2.09. The quantitative estimate of drug-likeness (QED) is 0.569. The van der Waals surface area contributed by atoms with Crippen LogP contribution in [0.1, 0.15) is 12.8 Å². The molecule has 1 fully saturated rings. The molecule has 0 aromatic carbocycles. The van der Waals surface area contributed by atoms with Crippen LogP contribution in [0.25, 0.3) is 0 Å². The van der Waals surface area contributed by atoms with Crippen molar-refractivity contribution in [2.24, 2.45) is 0 Å². The van der Waals surface area contributed by atoms with Gasteiger partial charge in [-0.05, 0) is 12.5 Å². The molecule has 1 aliphatic rings. The Bertz CT molecular complexity index is 536. The Hall–Kier alpha value is -1.74. The van der Waals surface area contributed by atoms with Crippen LogP contribution in [0.5, 0.6) is 0 Å². The monoisotopic (exact) mass is 258 g/mol. The number of sulfonamides is 1. The first kappa shape index (κ1) is 11.7. The Balaban J connectivity index is 2.12. The van der Waals surface area contributed by atoms with Crippen molar-refractivity contribution >= 4 is 21.8 Å². The zero-order chi connectivity index (χ0) is 12.5. The molecule has 8 nitrogen and oxygen atoms in total. The van der Waals surface area contributed by atoms with Gasteiger partial charge in [-0.25, -0.2) is 8.42 Å². The fourth-order valence-corrected chi connectivity index (χ4v) is 2.59. The highest BCUT2D eigenvalue weighted by atomic mass is 32.2. The lowest BCUT2D eigenvalue weighted by Gasteiger charge is -2.21. The molecule has 0 aliphatic carbocycles. The molecule has 92 valence electrons. The number of nitrogens with one attached hydrogen (secondary N) is 3. The minimum atomic E-state index is -3.81. The minimum Gasteiger partial charge on any atom is -0.295 e. The first-order chi connectivity index (χ1) is 7.99. The summed E-state index contributed by atoms with van der Waals surface area (Å²) >= 11 is 0. The molecule has 1 aromatic heterocycles. The molecule has 9 heteroatoms. The molecule has 2 heterocycles. The maximum Gasteiger partial charge on any atom is 0.258 e. The summed E-state index contributed by atoms with van der Waals surface area (Å²) in [6.07, 6.45) is 1.55. The Labute approximate surface area is 96.8 Å². The maximum atomic E-state index is 11.7. The molecule has 1 aromatic rings. The third kappa shape index (κ3) is 2.50. The number of piperidine rings is 1. The van der Waals surface area contributed by atoms with E-state index in [-0.39, 0.29) is 17.9 Å². The number of hydrogen-bond donors (Lipinski definition) is 3. The summed E-state index contributed by atoms with van der Waals surface area (Å²) in [5.74, 6) is -1.03. The zero-order valence-corrected chi connectivity index (χ0v) is 9.45. The number of imide groups is 1. The SMILES string of the molecule is O=C1CCC(NS(=O)(=O)c2ccn[nH]2)C(=O)N1. The number of nitrogens with zero attached hydrogens (tertiary/aromatic N) is 1. The number of rotatable bonds is 3. The van der Waals surface area contributed by atoms with Gasteiger partial charge in [0.15, 0.2) is 5.03 Å². The highest BCUT2D eigenvalue weighted by molar-refractivity contribution is 7.89. The van der Waals surface area contributed by atoms with Crippen molar-refractivity contribution in [1.82, 2.24) is 20.2 Å². The molecule has 2 amide bonds. The first-order valence-corrected chi connectivity index (χ1v) is 6.33. The van der Waals surface area contributed by atoms with Crippen LogP contribution < -0.4 is 10.0 Å². The molecule has 3 N–H and O–H groups in total. The number of aromatic nitrogens is 2. The molecule has 1 atom stereocenters. The first-order valence-electron chi connectivity index (χ1n) is 4.84. The number of carbonyl (C=O) groups excluding carboxylic acids is 2. The van der Waals surface area contributed by atoms with Gasteiger partial charge in [-0.1, -0.05) is 0 Å². The van der Waals surface area contributed by atoms with Crippen LogP contribution in [0.15, 0.2) is 17.3 Å². The third-order valence-corrected chi connectivity index (χ3v) is 3.70. The van der Waals surface area contributed by atoms with Crippen LogP contribution in [-0.2, 0) is 19.6 Å². The van der Waals surface area contributed by atoms with Gasteiger partial charge in [0, 0.05) is 6.42 Å². The average Bonchev–Trinajstić information content (AvgIpc) is 2.76. The predicted molar refractivity (Wildman–Crippen MR) is 55.1 cm³/mol. The van der Waals surface area contributed by atoms with Gasteiger partial charge >= 0.3 is 0 Å². The van der Waals surface area contributed by atoms with Crippen LogP contribution in [-0.4, -0.2) is 36.5 Å². The molecule has 17 heavy (non-hydrogen) atoms. The lowest BCUT2D eigenvalue weighted by Crippen LogP contribution is -2.52. The second-order valence-electron chi connectivity index (χ2n) is 3.55. The van der Waals surface area contributed by atoms with Crippen LogP contribution in [0.2, 0.25) is 0 Å². The standard InChI is InChI=1S/C8H10N4O4S/c13-6-2-1-5(8(14)10-6)12-17(15,16)7-3-4-9-11-7/h3-5,12H,1-2H2,(H,9,11)(H,10,13,14). The van der Waals surface area contributed by atoms with Crippen LogP contribution in [0.3, 0.4) is 0 Å². The summed E-state index contributed by atoms with van der Waals surface area (Å²) < 4.78 is 25.7. The van der Waals surface area contributed by atoms with Crippen molar-refractivity contribution in [2.45, 2.75) is 23.9 Å². The van der Waals surface area contributed by atoms with Gasteiger partial charge in [0.05, 0.1) is 6.20 Å². The number of hydrogen-bond acceptors (Lipinski definition) is 5. The summed E-state index contributed by atoms with van der Waals surface area (Å²) in [4.78, 5) is 22.3. The molecule has 0 bridgehead atoms. The summed E-state index contributed by atoms with van der Waals surface area (Å²) in [5, 5.41) is 7.75. The number of carbonyl (C=O) groups is 2. The second-order valence-corrected chi connectivity index (χ2v) is 5.23. The lowest BCUT2D eigenvalue weighted by atomic mass is 10.1. The van der Waals surface area contributed by atoms with E-state index in [9.17, 15) is 18.0 Å². The van der Waals surface area contributed by atoms with E-state index in [0.29, 0.717) is 0 Å². The summed E-state index contributed by atoms with van der Waals surface area (Å²) in [6.45, 7) is 0. The van der Waals surface area contributed by atoms with Gasteiger partial charge in [0.25, 0.3) is 10.0 Å². The minimum absolute atomic E-state index is 0.113. The highest BCUT2D eigenvalue weighted by Gasteiger charge is 2.31. The van der Waals surface area contributed by atoms with Crippen molar-refractivity contribution in [1.29, 1.82) is 0 Å². The largest absolute Gasteiger partial charge is 0.295 e. The Morgan fingerprint density at radius 2 is 2.18 bits per heavy atom. The average molecular weight is 258 g/mol. The molecular weight excluding hydrogens is 248 g/mol. The summed E-state index contributed by atoms with van der Waals surface area (Å²) in [7, 11) is -3.81. The maximum absolute atomic E-state index is 11.7. The normalized spacial score (nSPS) is 21.3. The molecule has 1 aliphatic heterocycles. The Morgan fingerprint density at radius 3 is 2.76 bits per heavy atom. The van der Waals surface area contributed by atoms with Gasteiger partial charge in [-0.2, -0.15) is 9.82 Å². The molecule has 0 saturated carbocycles. The summed E-state index contributed by atoms with van der Waals surface area (Å²) in [5.41, 5.74) is 0. The van der Waals surface area contributed by atoms with Gasteiger partial charge < -0.3 is 0 Å².